The fourth-order valence-corrected chi connectivity index (χ4v) is 2.68. The molecule has 0 fully saturated rings. The van der Waals surface area contributed by atoms with Gasteiger partial charge in [-0.3, -0.25) is 4.79 Å². The third-order valence-electron chi connectivity index (χ3n) is 3.31. The molecule has 0 aliphatic heterocycles. The summed E-state index contributed by atoms with van der Waals surface area (Å²) in [5.74, 6) is -0.472. The lowest BCUT2D eigenvalue weighted by atomic mass is 10.1. The highest BCUT2D eigenvalue weighted by atomic mass is 35.5. The van der Waals surface area contributed by atoms with Crippen molar-refractivity contribution in [3.63, 3.8) is 0 Å². The van der Waals surface area contributed by atoms with Crippen LogP contribution < -0.4 is 5.63 Å². The van der Waals surface area contributed by atoms with E-state index >= 15 is 0 Å². The predicted octanol–water partition coefficient (Wildman–Crippen LogP) is 5.00. The number of hydrogen-bond donors (Lipinski definition) is 0. The van der Waals surface area contributed by atoms with Gasteiger partial charge < -0.3 is 4.42 Å². The van der Waals surface area contributed by atoms with Gasteiger partial charge in [-0.1, -0.05) is 47.5 Å². The van der Waals surface area contributed by atoms with Crippen LogP contribution in [0, 0.1) is 0 Å². The lowest BCUT2D eigenvalue weighted by Gasteiger charge is -2.01. The maximum absolute atomic E-state index is 12.3. The Morgan fingerprint density at radius 3 is 2.43 bits per heavy atom. The molecule has 0 spiro atoms. The molecule has 0 aliphatic rings. The topological polar surface area (TPSA) is 47.3 Å². The van der Waals surface area contributed by atoms with Gasteiger partial charge in [0.1, 0.15) is 11.1 Å². The smallest absolute Gasteiger partial charge is 0.347 e. The van der Waals surface area contributed by atoms with Gasteiger partial charge >= 0.3 is 5.63 Å². The third kappa shape index (κ3) is 3.21. The molecule has 1 aromatic heterocycles. The van der Waals surface area contributed by atoms with Crippen LogP contribution in [-0.2, 0) is 0 Å². The van der Waals surface area contributed by atoms with Gasteiger partial charge in [0.25, 0.3) is 0 Å². The van der Waals surface area contributed by atoms with Crippen LogP contribution in [0.3, 0.4) is 0 Å². The number of rotatable bonds is 3. The van der Waals surface area contributed by atoms with Crippen molar-refractivity contribution < 1.29 is 9.21 Å². The molecule has 23 heavy (non-hydrogen) atoms. The predicted molar refractivity (Wildman–Crippen MR) is 92.3 cm³/mol. The first kappa shape index (κ1) is 15.5. The lowest BCUT2D eigenvalue weighted by Crippen LogP contribution is -2.11. The molecule has 0 unspecified atom stereocenters. The Bertz CT molecular complexity index is 967. The van der Waals surface area contributed by atoms with E-state index in [0.717, 1.165) is 0 Å². The van der Waals surface area contributed by atoms with Crippen molar-refractivity contribution in [2.24, 2.45) is 0 Å². The first-order valence-corrected chi connectivity index (χ1v) is 7.51. The molecule has 0 aliphatic carbocycles. The number of ketones is 1. The SMILES string of the molecule is O=C(C=Cc1c(Cl)cccc1Cl)c1cc2ccccc2oc1=O. The molecule has 3 rings (SSSR count). The molecule has 0 atom stereocenters. The highest BCUT2D eigenvalue weighted by molar-refractivity contribution is 6.37. The van der Waals surface area contributed by atoms with Crippen LogP contribution in [0.15, 0.2) is 63.8 Å². The highest BCUT2D eigenvalue weighted by Crippen LogP contribution is 2.25. The lowest BCUT2D eigenvalue weighted by molar-refractivity contribution is 0.104. The van der Waals surface area contributed by atoms with E-state index < -0.39 is 11.4 Å². The van der Waals surface area contributed by atoms with Gasteiger partial charge in [0, 0.05) is 21.0 Å². The Morgan fingerprint density at radius 2 is 1.70 bits per heavy atom. The van der Waals surface area contributed by atoms with Crippen molar-refractivity contribution in [2.75, 3.05) is 0 Å². The highest BCUT2D eigenvalue weighted by Gasteiger charge is 2.11. The summed E-state index contributed by atoms with van der Waals surface area (Å²) in [6, 6.07) is 13.6. The molecule has 2 aromatic carbocycles. The number of halogens is 2. The normalized spacial score (nSPS) is 11.2. The minimum atomic E-state index is -0.677. The van der Waals surface area contributed by atoms with Gasteiger partial charge in [-0.2, -0.15) is 0 Å². The second-order valence-electron chi connectivity index (χ2n) is 4.82. The molecule has 0 bridgehead atoms. The number of fused-ring (bicyclic) bond motifs is 1. The van der Waals surface area contributed by atoms with E-state index in [-0.39, 0.29) is 5.56 Å². The van der Waals surface area contributed by atoms with Gasteiger partial charge in [-0.15, -0.1) is 0 Å². The first-order valence-electron chi connectivity index (χ1n) is 6.75. The largest absolute Gasteiger partial charge is 0.422 e. The zero-order chi connectivity index (χ0) is 16.4. The fourth-order valence-electron chi connectivity index (χ4n) is 2.15. The number of para-hydroxylation sites is 1. The Kier molecular flexibility index (Phi) is 4.33. The maximum Gasteiger partial charge on any atom is 0.347 e. The summed E-state index contributed by atoms with van der Waals surface area (Å²) in [5, 5.41) is 1.53. The average Bonchev–Trinajstić information content (AvgIpc) is 2.53. The van der Waals surface area contributed by atoms with E-state index in [1.807, 2.05) is 0 Å². The molecule has 114 valence electrons. The van der Waals surface area contributed by atoms with E-state index in [9.17, 15) is 9.59 Å². The number of hydrogen-bond acceptors (Lipinski definition) is 3. The summed E-state index contributed by atoms with van der Waals surface area (Å²) in [6.45, 7) is 0. The Morgan fingerprint density at radius 1 is 1.00 bits per heavy atom. The Labute approximate surface area is 141 Å². The van der Waals surface area contributed by atoms with Crippen molar-refractivity contribution in [3.05, 3.63) is 86.2 Å². The van der Waals surface area contributed by atoms with Crippen LogP contribution in [0.5, 0.6) is 0 Å². The first-order chi connectivity index (χ1) is 11.1. The van der Waals surface area contributed by atoms with E-state index in [2.05, 4.69) is 0 Å². The van der Waals surface area contributed by atoms with Crippen LogP contribution in [0.4, 0.5) is 0 Å². The molecule has 5 heteroatoms. The molecular weight excluding hydrogens is 335 g/mol. The summed E-state index contributed by atoms with van der Waals surface area (Å²) in [5.41, 5.74) is 0.244. The minimum absolute atomic E-state index is 0.0388. The molecule has 0 amide bonds. The molecule has 0 radical (unpaired) electrons. The summed E-state index contributed by atoms with van der Waals surface area (Å²) in [6.07, 6.45) is 2.75. The Hall–Kier alpha value is -2.36. The van der Waals surface area contributed by atoms with Gasteiger partial charge in [0.2, 0.25) is 0 Å². The molecule has 0 saturated heterocycles. The summed E-state index contributed by atoms with van der Waals surface area (Å²) < 4.78 is 5.15. The van der Waals surface area contributed by atoms with E-state index in [1.54, 1.807) is 42.5 Å². The quantitative estimate of drug-likeness (QED) is 0.381. The molecule has 0 saturated carbocycles. The number of carbonyl (C=O) groups is 1. The van der Waals surface area contributed by atoms with Gasteiger partial charge in [-0.25, -0.2) is 4.79 Å². The minimum Gasteiger partial charge on any atom is -0.422 e. The van der Waals surface area contributed by atoms with Crippen molar-refractivity contribution >= 4 is 46.0 Å². The monoisotopic (exact) mass is 344 g/mol. The molecule has 3 aromatic rings. The van der Waals surface area contributed by atoms with E-state index in [1.165, 1.54) is 18.2 Å². The maximum atomic E-state index is 12.3. The van der Waals surface area contributed by atoms with Gasteiger partial charge in [0.15, 0.2) is 5.78 Å². The molecule has 3 nitrogen and oxygen atoms in total. The second kappa shape index (κ2) is 6.41. The summed E-state index contributed by atoms with van der Waals surface area (Å²) >= 11 is 12.1. The van der Waals surface area contributed by atoms with Crippen LogP contribution >= 0.6 is 23.2 Å². The van der Waals surface area contributed by atoms with E-state index in [0.29, 0.717) is 26.6 Å². The molecule has 0 N–H and O–H groups in total. The standard InChI is InChI=1S/C18H10Cl2O3/c19-14-5-3-6-15(20)12(14)8-9-16(21)13-10-11-4-1-2-7-17(11)23-18(13)22/h1-10H. The molecule has 1 heterocycles. The zero-order valence-corrected chi connectivity index (χ0v) is 13.3. The summed E-state index contributed by atoms with van der Waals surface area (Å²) in [4.78, 5) is 24.2. The average molecular weight is 345 g/mol. The van der Waals surface area contributed by atoms with Crippen LogP contribution in [0.25, 0.3) is 17.0 Å². The van der Waals surface area contributed by atoms with Crippen LogP contribution in [0.1, 0.15) is 15.9 Å². The van der Waals surface area contributed by atoms with Crippen molar-refractivity contribution in [3.8, 4) is 0 Å². The van der Waals surface area contributed by atoms with Gasteiger partial charge in [-0.05, 0) is 36.4 Å². The van der Waals surface area contributed by atoms with Crippen molar-refractivity contribution in [1.82, 2.24) is 0 Å². The Balaban J connectivity index is 1.99. The van der Waals surface area contributed by atoms with Crippen molar-refractivity contribution in [2.45, 2.75) is 0 Å². The number of allylic oxidation sites excluding steroid dienone is 1. The fraction of sp³-hybridized carbons (Fsp3) is 0. The third-order valence-corrected chi connectivity index (χ3v) is 3.97. The van der Waals surface area contributed by atoms with Crippen LogP contribution in [0.2, 0.25) is 10.0 Å². The summed E-state index contributed by atoms with van der Waals surface area (Å²) in [7, 11) is 0. The van der Waals surface area contributed by atoms with Crippen molar-refractivity contribution in [1.29, 1.82) is 0 Å². The number of carbonyl (C=O) groups excluding carboxylic acids is 1. The molecular formula is C18H10Cl2O3. The number of benzene rings is 2. The van der Waals surface area contributed by atoms with Gasteiger partial charge in [0.05, 0.1) is 0 Å². The van der Waals surface area contributed by atoms with E-state index in [4.69, 9.17) is 27.6 Å². The van der Waals surface area contributed by atoms with Crippen LogP contribution in [-0.4, -0.2) is 5.78 Å². The zero-order valence-electron chi connectivity index (χ0n) is 11.8. The second-order valence-corrected chi connectivity index (χ2v) is 5.63.